The lowest BCUT2D eigenvalue weighted by molar-refractivity contribution is 0.0950. The van der Waals surface area contributed by atoms with Gasteiger partial charge in [0.05, 0.1) is 11.3 Å². The van der Waals surface area contributed by atoms with Crippen LogP contribution in [0.3, 0.4) is 0 Å². The number of amides is 1. The third kappa shape index (κ3) is 5.53. The van der Waals surface area contributed by atoms with Gasteiger partial charge >= 0.3 is 0 Å². The molecule has 138 valence electrons. The number of aromatic nitrogens is 1. The number of nitrogens with one attached hydrogen (secondary N) is 2. The molecule has 1 amide bonds. The van der Waals surface area contributed by atoms with Crippen LogP contribution in [0.4, 0.5) is 10.1 Å². The highest BCUT2D eigenvalue weighted by Crippen LogP contribution is 2.12. The molecule has 0 spiro atoms. The Kier molecular flexibility index (Phi) is 6.39. The van der Waals surface area contributed by atoms with Crippen LogP contribution in [0.2, 0.25) is 5.02 Å². The molecule has 1 heterocycles. The zero-order valence-corrected chi connectivity index (χ0v) is 15.3. The quantitative estimate of drug-likeness (QED) is 0.633. The highest BCUT2D eigenvalue weighted by atomic mass is 35.5. The molecule has 6 heteroatoms. The lowest BCUT2D eigenvalue weighted by atomic mass is 10.1. The molecule has 0 unspecified atom stereocenters. The smallest absolute Gasteiger partial charge is 0.253 e. The Balaban J connectivity index is 1.53. The molecule has 0 radical (unpaired) electrons. The van der Waals surface area contributed by atoms with Crippen LogP contribution in [0.5, 0.6) is 0 Å². The lowest BCUT2D eigenvalue weighted by Crippen LogP contribution is -2.23. The SMILES string of the molecule is O=C(NCc1ccccc1F)c1cncc(NCCc2ccc(Cl)cc2)c1. The van der Waals surface area contributed by atoms with Gasteiger partial charge in [0, 0.05) is 36.1 Å². The number of hydrogen-bond acceptors (Lipinski definition) is 3. The number of benzene rings is 2. The van der Waals surface area contributed by atoms with Crippen LogP contribution < -0.4 is 10.6 Å². The third-order valence-electron chi connectivity index (χ3n) is 4.05. The second-order valence-corrected chi connectivity index (χ2v) is 6.48. The van der Waals surface area contributed by atoms with E-state index in [0.29, 0.717) is 22.7 Å². The fourth-order valence-electron chi connectivity index (χ4n) is 2.58. The van der Waals surface area contributed by atoms with Crippen molar-refractivity contribution in [1.29, 1.82) is 0 Å². The summed E-state index contributed by atoms with van der Waals surface area (Å²) in [5.74, 6) is -0.638. The zero-order valence-electron chi connectivity index (χ0n) is 14.6. The summed E-state index contributed by atoms with van der Waals surface area (Å²) in [4.78, 5) is 16.4. The maximum Gasteiger partial charge on any atom is 0.253 e. The molecule has 0 bridgehead atoms. The summed E-state index contributed by atoms with van der Waals surface area (Å²) in [5.41, 5.74) is 2.78. The highest BCUT2D eigenvalue weighted by Gasteiger charge is 2.08. The summed E-state index contributed by atoms with van der Waals surface area (Å²) in [6.45, 7) is 0.823. The van der Waals surface area contributed by atoms with Crippen molar-refractivity contribution >= 4 is 23.2 Å². The minimum atomic E-state index is -0.339. The van der Waals surface area contributed by atoms with Gasteiger partial charge < -0.3 is 10.6 Å². The largest absolute Gasteiger partial charge is 0.383 e. The first-order chi connectivity index (χ1) is 13.1. The van der Waals surface area contributed by atoms with Gasteiger partial charge in [0.15, 0.2) is 0 Å². The van der Waals surface area contributed by atoms with Crippen LogP contribution in [0, 0.1) is 5.82 Å². The standard InChI is InChI=1S/C21H19ClFN3O/c22-18-7-5-15(6-8-18)9-10-25-19-11-17(12-24-14-19)21(27)26-13-16-3-1-2-4-20(16)23/h1-8,11-12,14,25H,9-10,13H2,(H,26,27). The van der Waals surface area contributed by atoms with Crippen molar-refractivity contribution in [3.63, 3.8) is 0 Å². The predicted molar refractivity (Wildman–Crippen MR) is 105 cm³/mol. The van der Waals surface area contributed by atoms with E-state index in [1.54, 1.807) is 30.5 Å². The summed E-state index contributed by atoms with van der Waals surface area (Å²) in [6.07, 6.45) is 3.97. The minimum absolute atomic E-state index is 0.125. The van der Waals surface area contributed by atoms with E-state index >= 15 is 0 Å². The Morgan fingerprint density at radius 2 is 1.85 bits per heavy atom. The van der Waals surface area contributed by atoms with Crippen molar-refractivity contribution in [3.8, 4) is 0 Å². The second-order valence-electron chi connectivity index (χ2n) is 6.04. The van der Waals surface area contributed by atoms with Gasteiger partial charge in [-0.15, -0.1) is 0 Å². The van der Waals surface area contributed by atoms with Gasteiger partial charge in [-0.1, -0.05) is 41.9 Å². The molecule has 0 saturated carbocycles. The molecule has 1 aromatic heterocycles. The number of anilines is 1. The number of hydrogen-bond donors (Lipinski definition) is 2. The third-order valence-corrected chi connectivity index (χ3v) is 4.31. The summed E-state index contributed by atoms with van der Waals surface area (Å²) in [5, 5.41) is 6.67. The Labute approximate surface area is 162 Å². The van der Waals surface area contributed by atoms with E-state index in [2.05, 4.69) is 15.6 Å². The maximum atomic E-state index is 13.6. The summed E-state index contributed by atoms with van der Waals surface area (Å²) >= 11 is 5.88. The normalized spacial score (nSPS) is 10.4. The Morgan fingerprint density at radius 3 is 2.63 bits per heavy atom. The molecule has 3 rings (SSSR count). The molecule has 2 aromatic carbocycles. The van der Waals surface area contributed by atoms with Gasteiger partial charge in [0.2, 0.25) is 0 Å². The number of nitrogens with zero attached hydrogens (tertiary/aromatic N) is 1. The predicted octanol–water partition coefficient (Wildman–Crippen LogP) is 4.46. The maximum absolute atomic E-state index is 13.6. The van der Waals surface area contributed by atoms with Crippen molar-refractivity contribution in [1.82, 2.24) is 10.3 Å². The summed E-state index contributed by atoms with van der Waals surface area (Å²) < 4.78 is 13.6. The summed E-state index contributed by atoms with van der Waals surface area (Å²) in [6, 6.07) is 15.8. The van der Waals surface area contributed by atoms with Gasteiger partial charge in [-0.3, -0.25) is 9.78 Å². The molecule has 0 atom stereocenters. The number of halogens is 2. The van der Waals surface area contributed by atoms with E-state index in [-0.39, 0.29) is 18.3 Å². The van der Waals surface area contributed by atoms with Crippen LogP contribution in [0.15, 0.2) is 67.0 Å². The Bertz CT molecular complexity index is 915. The molecule has 0 saturated heterocycles. The van der Waals surface area contributed by atoms with Crippen molar-refractivity contribution in [2.24, 2.45) is 0 Å². The topological polar surface area (TPSA) is 54.0 Å². The van der Waals surface area contributed by atoms with Gasteiger partial charge in [-0.05, 0) is 36.2 Å². The molecule has 0 aliphatic carbocycles. The average Bonchev–Trinajstić information content (AvgIpc) is 2.69. The molecule has 27 heavy (non-hydrogen) atoms. The molecule has 4 nitrogen and oxygen atoms in total. The number of pyridine rings is 1. The zero-order chi connectivity index (χ0) is 19.1. The first kappa shape index (κ1) is 18.9. The van der Waals surface area contributed by atoms with Gasteiger partial charge in [-0.2, -0.15) is 0 Å². The highest BCUT2D eigenvalue weighted by molar-refractivity contribution is 6.30. The Hall–Kier alpha value is -2.92. The first-order valence-electron chi connectivity index (χ1n) is 8.57. The molecule has 2 N–H and O–H groups in total. The van der Waals surface area contributed by atoms with E-state index in [0.717, 1.165) is 12.1 Å². The lowest BCUT2D eigenvalue weighted by Gasteiger charge is -2.09. The van der Waals surface area contributed by atoms with Crippen LogP contribution in [-0.4, -0.2) is 17.4 Å². The molecule has 3 aromatic rings. The van der Waals surface area contributed by atoms with Gasteiger partial charge in [0.1, 0.15) is 5.82 Å². The van der Waals surface area contributed by atoms with Gasteiger partial charge in [-0.25, -0.2) is 4.39 Å². The van der Waals surface area contributed by atoms with E-state index in [1.165, 1.54) is 17.8 Å². The van der Waals surface area contributed by atoms with Crippen molar-refractivity contribution in [3.05, 3.63) is 94.5 Å². The average molecular weight is 384 g/mol. The van der Waals surface area contributed by atoms with E-state index in [9.17, 15) is 9.18 Å². The van der Waals surface area contributed by atoms with Crippen molar-refractivity contribution in [2.75, 3.05) is 11.9 Å². The second kappa shape index (κ2) is 9.14. The molecule has 0 fully saturated rings. The number of carbonyl (C=O) groups is 1. The van der Waals surface area contributed by atoms with Crippen LogP contribution in [0.1, 0.15) is 21.5 Å². The molecule has 0 aliphatic heterocycles. The van der Waals surface area contributed by atoms with E-state index in [1.807, 2.05) is 24.3 Å². The van der Waals surface area contributed by atoms with Gasteiger partial charge in [0.25, 0.3) is 5.91 Å². The van der Waals surface area contributed by atoms with E-state index in [4.69, 9.17) is 11.6 Å². The Morgan fingerprint density at radius 1 is 1.07 bits per heavy atom. The van der Waals surface area contributed by atoms with Crippen LogP contribution >= 0.6 is 11.6 Å². The number of carbonyl (C=O) groups excluding carboxylic acids is 1. The number of rotatable bonds is 7. The van der Waals surface area contributed by atoms with Crippen molar-refractivity contribution < 1.29 is 9.18 Å². The van der Waals surface area contributed by atoms with Crippen molar-refractivity contribution in [2.45, 2.75) is 13.0 Å². The molecular weight excluding hydrogens is 365 g/mol. The van der Waals surface area contributed by atoms with Crippen LogP contribution in [0.25, 0.3) is 0 Å². The summed E-state index contributed by atoms with van der Waals surface area (Å²) in [7, 11) is 0. The monoisotopic (exact) mass is 383 g/mol. The van der Waals surface area contributed by atoms with Crippen LogP contribution in [-0.2, 0) is 13.0 Å². The van der Waals surface area contributed by atoms with E-state index < -0.39 is 0 Å². The molecule has 0 aliphatic rings. The first-order valence-corrected chi connectivity index (χ1v) is 8.94. The molecular formula is C21H19ClFN3O. The fraction of sp³-hybridized carbons (Fsp3) is 0.143. The fourth-order valence-corrected chi connectivity index (χ4v) is 2.71. The minimum Gasteiger partial charge on any atom is -0.383 e.